The van der Waals surface area contributed by atoms with Gasteiger partial charge in [-0.15, -0.1) is 0 Å². The van der Waals surface area contributed by atoms with Gasteiger partial charge in [0.15, 0.2) is 0 Å². The van der Waals surface area contributed by atoms with Gasteiger partial charge >= 0.3 is 0 Å². The van der Waals surface area contributed by atoms with Crippen molar-refractivity contribution in [3.05, 3.63) is 0 Å². The van der Waals surface area contributed by atoms with Crippen LogP contribution in [0, 0.1) is 0 Å². The number of nitrogens with one attached hydrogen (secondary N) is 2. The van der Waals surface area contributed by atoms with Crippen molar-refractivity contribution in [2.24, 2.45) is 0 Å². The fourth-order valence-corrected chi connectivity index (χ4v) is 1.36. The molecule has 0 unspecified atom stereocenters. The maximum atomic E-state index is 5.54. The average molecular weight is 216 g/mol. The number of unbranched alkanes of at least 4 members (excludes halogenated alkanes) is 2. The van der Waals surface area contributed by atoms with Crippen molar-refractivity contribution in [1.29, 1.82) is 0 Å². The lowest BCUT2D eigenvalue weighted by molar-refractivity contribution is 0.126. The number of hydrogen-bond acceptors (Lipinski definition) is 3. The summed E-state index contributed by atoms with van der Waals surface area (Å²) in [5, 5.41) is 6.62. The van der Waals surface area contributed by atoms with E-state index in [2.05, 4.69) is 24.5 Å². The van der Waals surface area contributed by atoms with Gasteiger partial charge in [-0.05, 0) is 51.9 Å². The summed E-state index contributed by atoms with van der Waals surface area (Å²) in [5.41, 5.74) is 0. The Labute approximate surface area is 95.0 Å². The first-order valence-electron chi connectivity index (χ1n) is 6.41. The Balaban J connectivity index is 2.81. The summed E-state index contributed by atoms with van der Waals surface area (Å²) in [6, 6.07) is 0. The normalized spacial score (nSPS) is 10.8. The monoisotopic (exact) mass is 216 g/mol. The number of rotatable bonds is 12. The van der Waals surface area contributed by atoms with Crippen molar-refractivity contribution in [3.63, 3.8) is 0 Å². The SMILES string of the molecule is CCNCCCCOCCCCNCC. The Bertz CT molecular complexity index is 97.8. The number of hydrogen-bond donors (Lipinski definition) is 2. The highest BCUT2D eigenvalue weighted by atomic mass is 16.5. The third-order valence-electron chi connectivity index (χ3n) is 2.28. The van der Waals surface area contributed by atoms with Crippen LogP contribution in [0.3, 0.4) is 0 Å². The minimum atomic E-state index is 0.923. The molecule has 0 aliphatic heterocycles. The van der Waals surface area contributed by atoms with Crippen LogP contribution in [0.4, 0.5) is 0 Å². The molecule has 0 amide bonds. The van der Waals surface area contributed by atoms with Crippen LogP contribution in [0.1, 0.15) is 39.5 Å². The molecule has 3 nitrogen and oxygen atoms in total. The third kappa shape index (κ3) is 13.9. The van der Waals surface area contributed by atoms with Crippen LogP contribution in [0.2, 0.25) is 0 Å². The molecule has 0 fully saturated rings. The largest absolute Gasteiger partial charge is 0.381 e. The van der Waals surface area contributed by atoms with Crippen LogP contribution in [0.5, 0.6) is 0 Å². The van der Waals surface area contributed by atoms with E-state index >= 15 is 0 Å². The molecule has 92 valence electrons. The first-order valence-corrected chi connectivity index (χ1v) is 6.41. The molecule has 0 spiro atoms. The standard InChI is InChI=1S/C12H28N2O/c1-3-13-9-5-7-11-15-12-8-6-10-14-4-2/h13-14H,3-12H2,1-2H3. The van der Waals surface area contributed by atoms with Gasteiger partial charge in [0.25, 0.3) is 0 Å². The van der Waals surface area contributed by atoms with Gasteiger partial charge in [-0.3, -0.25) is 0 Å². The van der Waals surface area contributed by atoms with Gasteiger partial charge in [-0.1, -0.05) is 13.8 Å². The van der Waals surface area contributed by atoms with Crippen molar-refractivity contribution in [2.45, 2.75) is 39.5 Å². The summed E-state index contributed by atoms with van der Waals surface area (Å²) in [7, 11) is 0. The van der Waals surface area contributed by atoms with Crippen LogP contribution >= 0.6 is 0 Å². The van der Waals surface area contributed by atoms with E-state index in [0.717, 1.165) is 39.4 Å². The van der Waals surface area contributed by atoms with E-state index in [1.54, 1.807) is 0 Å². The van der Waals surface area contributed by atoms with E-state index in [0.29, 0.717) is 0 Å². The fourth-order valence-electron chi connectivity index (χ4n) is 1.36. The van der Waals surface area contributed by atoms with E-state index in [-0.39, 0.29) is 0 Å². The fraction of sp³-hybridized carbons (Fsp3) is 1.00. The smallest absolute Gasteiger partial charge is 0.0466 e. The summed E-state index contributed by atoms with van der Waals surface area (Å²) in [6.45, 7) is 10.5. The molecule has 0 saturated heterocycles. The van der Waals surface area contributed by atoms with Crippen LogP contribution in [-0.4, -0.2) is 39.4 Å². The summed E-state index contributed by atoms with van der Waals surface area (Å²) in [6.07, 6.45) is 4.82. The van der Waals surface area contributed by atoms with Crippen molar-refractivity contribution < 1.29 is 4.74 Å². The van der Waals surface area contributed by atoms with E-state index in [9.17, 15) is 0 Å². The lowest BCUT2D eigenvalue weighted by atomic mass is 10.3. The maximum absolute atomic E-state index is 5.54. The maximum Gasteiger partial charge on any atom is 0.0466 e. The molecule has 3 heteroatoms. The second kappa shape index (κ2) is 13.9. The molecule has 15 heavy (non-hydrogen) atoms. The Morgan fingerprint density at radius 3 is 1.60 bits per heavy atom. The lowest BCUT2D eigenvalue weighted by Gasteiger charge is -2.05. The zero-order valence-corrected chi connectivity index (χ0v) is 10.5. The molecule has 0 saturated carbocycles. The Hall–Kier alpha value is -0.120. The summed E-state index contributed by atoms with van der Waals surface area (Å²) >= 11 is 0. The first-order chi connectivity index (χ1) is 7.41. The molecule has 0 aromatic carbocycles. The second-order valence-corrected chi connectivity index (χ2v) is 3.73. The molecule has 0 heterocycles. The van der Waals surface area contributed by atoms with Gasteiger partial charge < -0.3 is 15.4 Å². The molecule has 0 aromatic heterocycles. The second-order valence-electron chi connectivity index (χ2n) is 3.73. The lowest BCUT2D eigenvalue weighted by Crippen LogP contribution is -2.15. The van der Waals surface area contributed by atoms with Gasteiger partial charge in [-0.25, -0.2) is 0 Å². The predicted molar refractivity (Wildman–Crippen MR) is 66.4 cm³/mol. The first kappa shape index (κ1) is 14.9. The quantitative estimate of drug-likeness (QED) is 0.488. The molecular weight excluding hydrogens is 188 g/mol. The molecule has 0 aliphatic rings. The zero-order valence-electron chi connectivity index (χ0n) is 10.5. The van der Waals surface area contributed by atoms with Crippen molar-refractivity contribution in [1.82, 2.24) is 10.6 Å². The molecule has 0 aromatic rings. The van der Waals surface area contributed by atoms with Gasteiger partial charge in [0.05, 0.1) is 0 Å². The molecular formula is C12H28N2O. The molecule has 0 radical (unpaired) electrons. The van der Waals surface area contributed by atoms with Crippen molar-refractivity contribution >= 4 is 0 Å². The van der Waals surface area contributed by atoms with Crippen LogP contribution in [0.15, 0.2) is 0 Å². The van der Waals surface area contributed by atoms with Crippen LogP contribution in [-0.2, 0) is 4.74 Å². The Morgan fingerprint density at radius 2 is 1.20 bits per heavy atom. The molecule has 0 atom stereocenters. The van der Waals surface area contributed by atoms with E-state index < -0.39 is 0 Å². The van der Waals surface area contributed by atoms with Crippen molar-refractivity contribution in [3.8, 4) is 0 Å². The molecule has 0 bridgehead atoms. The minimum Gasteiger partial charge on any atom is -0.381 e. The molecule has 2 N–H and O–H groups in total. The highest BCUT2D eigenvalue weighted by molar-refractivity contribution is 4.46. The van der Waals surface area contributed by atoms with E-state index in [1.807, 2.05) is 0 Å². The van der Waals surface area contributed by atoms with Gasteiger partial charge in [-0.2, -0.15) is 0 Å². The van der Waals surface area contributed by atoms with Gasteiger partial charge in [0.2, 0.25) is 0 Å². The van der Waals surface area contributed by atoms with E-state index in [1.165, 1.54) is 25.7 Å². The summed E-state index contributed by atoms with van der Waals surface area (Å²) in [4.78, 5) is 0. The number of ether oxygens (including phenoxy) is 1. The highest BCUT2D eigenvalue weighted by Gasteiger charge is 1.90. The molecule has 0 aliphatic carbocycles. The van der Waals surface area contributed by atoms with Crippen LogP contribution in [0.25, 0.3) is 0 Å². The predicted octanol–water partition coefficient (Wildman–Crippen LogP) is 1.78. The van der Waals surface area contributed by atoms with Crippen molar-refractivity contribution in [2.75, 3.05) is 39.4 Å². The zero-order chi connectivity index (χ0) is 11.2. The van der Waals surface area contributed by atoms with E-state index in [4.69, 9.17) is 4.74 Å². The summed E-state index contributed by atoms with van der Waals surface area (Å²) < 4.78 is 5.54. The average Bonchev–Trinajstić information content (AvgIpc) is 2.26. The third-order valence-corrected chi connectivity index (χ3v) is 2.28. The van der Waals surface area contributed by atoms with Gasteiger partial charge in [0, 0.05) is 13.2 Å². The highest BCUT2D eigenvalue weighted by Crippen LogP contribution is 1.92. The summed E-state index contributed by atoms with van der Waals surface area (Å²) in [5.74, 6) is 0. The van der Waals surface area contributed by atoms with Crippen LogP contribution < -0.4 is 10.6 Å². The topological polar surface area (TPSA) is 33.3 Å². The minimum absolute atomic E-state index is 0.923. The molecule has 0 rings (SSSR count). The Kier molecular flexibility index (Phi) is 13.8. The Morgan fingerprint density at radius 1 is 0.733 bits per heavy atom. The van der Waals surface area contributed by atoms with Gasteiger partial charge in [0.1, 0.15) is 0 Å².